The average Bonchev–Trinajstić information content (AvgIpc) is 3.22. The number of aliphatic hydroxyl groups excluding tert-OH is 1. The molecule has 19 heavy (non-hydrogen) atoms. The lowest BCUT2D eigenvalue weighted by Crippen LogP contribution is -2.26. The highest BCUT2D eigenvalue weighted by molar-refractivity contribution is 5.94. The molecule has 1 aromatic rings. The van der Waals surface area contributed by atoms with Gasteiger partial charge in [-0.15, -0.1) is 0 Å². The van der Waals surface area contributed by atoms with E-state index in [1.165, 1.54) is 18.2 Å². The Hall–Kier alpha value is -1.86. The van der Waals surface area contributed by atoms with Crippen molar-refractivity contribution in [3.05, 3.63) is 35.1 Å². The van der Waals surface area contributed by atoms with E-state index in [1.807, 2.05) is 0 Å². The SMILES string of the molecule is O=C(NCC1CC1)c1cc(C#CCCO)ccc1F. The zero-order chi connectivity index (χ0) is 13.7. The van der Waals surface area contributed by atoms with E-state index >= 15 is 0 Å². The van der Waals surface area contributed by atoms with Gasteiger partial charge in [0.2, 0.25) is 0 Å². The Labute approximate surface area is 111 Å². The van der Waals surface area contributed by atoms with Crippen molar-refractivity contribution < 1.29 is 14.3 Å². The number of amides is 1. The Morgan fingerprint density at radius 3 is 2.95 bits per heavy atom. The number of carbonyl (C=O) groups is 1. The van der Waals surface area contributed by atoms with Crippen molar-refractivity contribution in [2.24, 2.45) is 5.92 Å². The van der Waals surface area contributed by atoms with Crippen molar-refractivity contribution in [1.29, 1.82) is 0 Å². The van der Waals surface area contributed by atoms with E-state index in [4.69, 9.17) is 5.11 Å². The zero-order valence-electron chi connectivity index (χ0n) is 10.6. The molecule has 3 nitrogen and oxygen atoms in total. The number of hydrogen-bond donors (Lipinski definition) is 2. The van der Waals surface area contributed by atoms with Gasteiger partial charge in [-0.1, -0.05) is 11.8 Å². The Bertz CT molecular complexity index is 527. The standard InChI is InChI=1S/C15H16FNO2/c16-14-7-6-11(3-1-2-8-18)9-13(14)15(19)17-10-12-4-5-12/h6-7,9,12,18H,2,4-5,8,10H2,(H,17,19). The molecule has 0 saturated heterocycles. The van der Waals surface area contributed by atoms with E-state index in [9.17, 15) is 9.18 Å². The van der Waals surface area contributed by atoms with Crippen LogP contribution in [0.3, 0.4) is 0 Å². The molecule has 2 N–H and O–H groups in total. The Balaban J connectivity index is 2.07. The van der Waals surface area contributed by atoms with E-state index < -0.39 is 11.7 Å². The molecule has 1 saturated carbocycles. The molecular weight excluding hydrogens is 245 g/mol. The summed E-state index contributed by atoms with van der Waals surface area (Å²) in [5.41, 5.74) is 0.600. The highest BCUT2D eigenvalue weighted by Gasteiger charge is 2.22. The van der Waals surface area contributed by atoms with Crippen LogP contribution in [0.4, 0.5) is 4.39 Å². The summed E-state index contributed by atoms with van der Waals surface area (Å²) in [5, 5.41) is 11.4. The van der Waals surface area contributed by atoms with Crippen LogP contribution >= 0.6 is 0 Å². The van der Waals surface area contributed by atoms with E-state index in [1.54, 1.807) is 0 Å². The number of rotatable bonds is 4. The molecule has 0 radical (unpaired) electrons. The minimum Gasteiger partial charge on any atom is -0.395 e. The molecule has 1 aliphatic rings. The summed E-state index contributed by atoms with van der Waals surface area (Å²) in [6, 6.07) is 4.22. The fraction of sp³-hybridized carbons (Fsp3) is 0.400. The Morgan fingerprint density at radius 2 is 2.26 bits per heavy atom. The van der Waals surface area contributed by atoms with Crippen LogP contribution in [0.1, 0.15) is 35.2 Å². The molecule has 0 spiro atoms. The minimum atomic E-state index is -0.541. The van der Waals surface area contributed by atoms with Gasteiger partial charge in [-0.25, -0.2) is 4.39 Å². The number of benzene rings is 1. The highest BCUT2D eigenvalue weighted by atomic mass is 19.1. The van der Waals surface area contributed by atoms with E-state index in [0.717, 1.165) is 12.8 Å². The molecule has 0 aromatic heterocycles. The van der Waals surface area contributed by atoms with Gasteiger partial charge in [0.1, 0.15) is 5.82 Å². The van der Waals surface area contributed by atoms with Crippen LogP contribution in [0.25, 0.3) is 0 Å². The molecule has 2 rings (SSSR count). The quantitative estimate of drug-likeness (QED) is 0.810. The predicted molar refractivity (Wildman–Crippen MR) is 70.0 cm³/mol. The monoisotopic (exact) mass is 261 g/mol. The second-order valence-corrected chi connectivity index (χ2v) is 4.62. The summed E-state index contributed by atoms with van der Waals surface area (Å²) in [5.74, 6) is 5.15. The summed E-state index contributed by atoms with van der Waals surface area (Å²) in [6.07, 6.45) is 2.63. The van der Waals surface area contributed by atoms with Crippen LogP contribution in [0, 0.1) is 23.6 Å². The molecule has 0 bridgehead atoms. The van der Waals surface area contributed by atoms with E-state index in [0.29, 0.717) is 24.4 Å². The lowest BCUT2D eigenvalue weighted by atomic mass is 10.1. The van der Waals surface area contributed by atoms with Gasteiger partial charge >= 0.3 is 0 Å². The minimum absolute atomic E-state index is 0.0110. The van der Waals surface area contributed by atoms with Gasteiger partial charge in [0.25, 0.3) is 5.91 Å². The second kappa shape index (κ2) is 6.35. The van der Waals surface area contributed by atoms with Crippen molar-refractivity contribution in [2.75, 3.05) is 13.2 Å². The van der Waals surface area contributed by atoms with Gasteiger partial charge in [-0.05, 0) is 37.0 Å². The number of halogens is 1. The topological polar surface area (TPSA) is 49.3 Å². The maximum Gasteiger partial charge on any atom is 0.254 e. The van der Waals surface area contributed by atoms with Crippen LogP contribution in [0.5, 0.6) is 0 Å². The maximum atomic E-state index is 13.6. The molecule has 100 valence electrons. The predicted octanol–water partition coefficient (Wildman–Crippen LogP) is 1.70. The molecule has 0 aliphatic heterocycles. The van der Waals surface area contributed by atoms with Gasteiger partial charge < -0.3 is 10.4 Å². The lowest BCUT2D eigenvalue weighted by Gasteiger charge is -2.05. The summed E-state index contributed by atoms with van der Waals surface area (Å²) in [7, 11) is 0. The van der Waals surface area contributed by atoms with Crippen molar-refractivity contribution >= 4 is 5.91 Å². The highest BCUT2D eigenvalue weighted by Crippen LogP contribution is 2.27. The van der Waals surface area contributed by atoms with Crippen LogP contribution in [0.15, 0.2) is 18.2 Å². The smallest absolute Gasteiger partial charge is 0.254 e. The first-order chi connectivity index (χ1) is 9.20. The summed E-state index contributed by atoms with van der Waals surface area (Å²) < 4.78 is 13.6. The lowest BCUT2D eigenvalue weighted by molar-refractivity contribution is 0.0947. The fourth-order valence-corrected chi connectivity index (χ4v) is 1.65. The van der Waals surface area contributed by atoms with Crippen LogP contribution in [-0.4, -0.2) is 24.2 Å². The molecule has 0 unspecified atom stereocenters. The van der Waals surface area contributed by atoms with Gasteiger partial charge in [-0.2, -0.15) is 0 Å². The molecule has 1 aromatic carbocycles. The normalized spacial score (nSPS) is 13.6. The molecule has 1 fully saturated rings. The Morgan fingerprint density at radius 1 is 1.47 bits per heavy atom. The third kappa shape index (κ3) is 4.08. The molecule has 1 amide bonds. The van der Waals surface area contributed by atoms with Crippen LogP contribution in [-0.2, 0) is 0 Å². The fourth-order valence-electron chi connectivity index (χ4n) is 1.65. The average molecular weight is 261 g/mol. The van der Waals surface area contributed by atoms with Crippen molar-refractivity contribution in [2.45, 2.75) is 19.3 Å². The van der Waals surface area contributed by atoms with Gasteiger partial charge in [-0.3, -0.25) is 4.79 Å². The first-order valence-electron chi connectivity index (χ1n) is 6.38. The third-order valence-corrected chi connectivity index (χ3v) is 2.93. The Kier molecular flexibility index (Phi) is 4.53. The van der Waals surface area contributed by atoms with Crippen molar-refractivity contribution in [1.82, 2.24) is 5.32 Å². The number of nitrogens with one attached hydrogen (secondary N) is 1. The zero-order valence-corrected chi connectivity index (χ0v) is 10.6. The largest absolute Gasteiger partial charge is 0.395 e. The van der Waals surface area contributed by atoms with Crippen molar-refractivity contribution in [3.63, 3.8) is 0 Å². The molecule has 4 heteroatoms. The third-order valence-electron chi connectivity index (χ3n) is 2.93. The first kappa shape index (κ1) is 13.6. The summed E-state index contributed by atoms with van der Waals surface area (Å²) in [4.78, 5) is 11.8. The number of hydrogen-bond acceptors (Lipinski definition) is 2. The first-order valence-corrected chi connectivity index (χ1v) is 6.38. The van der Waals surface area contributed by atoms with Gasteiger partial charge in [0, 0.05) is 18.5 Å². The summed E-state index contributed by atoms with van der Waals surface area (Å²) in [6.45, 7) is 0.599. The molecule has 1 aliphatic carbocycles. The molecule has 0 atom stereocenters. The number of aliphatic hydroxyl groups is 1. The summed E-state index contributed by atoms with van der Waals surface area (Å²) >= 11 is 0. The van der Waals surface area contributed by atoms with Crippen LogP contribution < -0.4 is 5.32 Å². The van der Waals surface area contributed by atoms with Gasteiger partial charge in [0.15, 0.2) is 0 Å². The number of carbonyl (C=O) groups excluding carboxylic acids is 1. The van der Waals surface area contributed by atoms with Crippen LogP contribution in [0.2, 0.25) is 0 Å². The van der Waals surface area contributed by atoms with E-state index in [-0.39, 0.29) is 12.2 Å². The maximum absolute atomic E-state index is 13.6. The second-order valence-electron chi connectivity index (χ2n) is 4.62. The van der Waals surface area contributed by atoms with E-state index in [2.05, 4.69) is 17.2 Å². The molecular formula is C15H16FNO2. The molecule has 0 heterocycles. The van der Waals surface area contributed by atoms with Crippen molar-refractivity contribution in [3.8, 4) is 11.8 Å². The van der Waals surface area contributed by atoms with Gasteiger partial charge in [0.05, 0.1) is 12.2 Å².